The number of nitrogens with one attached hydrogen (secondary N) is 1. The third-order valence-corrected chi connectivity index (χ3v) is 3.72. The van der Waals surface area contributed by atoms with Crippen LogP contribution in [-0.2, 0) is 18.3 Å². The highest BCUT2D eigenvalue weighted by Crippen LogP contribution is 2.20. The van der Waals surface area contributed by atoms with Gasteiger partial charge >= 0.3 is 6.03 Å². The number of aromatic nitrogens is 2. The van der Waals surface area contributed by atoms with Crippen molar-refractivity contribution < 1.29 is 9.53 Å². The van der Waals surface area contributed by atoms with Gasteiger partial charge < -0.3 is 15.0 Å². The molecule has 2 rings (SSSR count). The normalized spacial score (nSPS) is 23.4. The van der Waals surface area contributed by atoms with E-state index in [4.69, 9.17) is 4.74 Å². The summed E-state index contributed by atoms with van der Waals surface area (Å²) in [6.45, 7) is 6.51. The van der Waals surface area contributed by atoms with Crippen LogP contribution in [0.5, 0.6) is 0 Å². The summed E-state index contributed by atoms with van der Waals surface area (Å²) in [5.41, 5.74) is 0.766. The fraction of sp³-hybridized carbons (Fsp3) is 0.692. The number of hydrogen-bond acceptors (Lipinski definition) is 3. The van der Waals surface area contributed by atoms with E-state index in [0.717, 1.165) is 12.1 Å². The SMILES string of the molecule is CC[C@@]1(C)CN(C(=O)NCc2ccnn2C)CCO1. The Morgan fingerprint density at radius 2 is 2.42 bits per heavy atom. The molecule has 0 spiro atoms. The molecular formula is C13H22N4O2. The van der Waals surface area contributed by atoms with Crippen molar-refractivity contribution in [3.63, 3.8) is 0 Å². The van der Waals surface area contributed by atoms with Crippen LogP contribution in [0.15, 0.2) is 12.3 Å². The van der Waals surface area contributed by atoms with Gasteiger partial charge in [0.05, 0.1) is 31.0 Å². The number of ether oxygens (including phenoxy) is 1. The molecule has 0 radical (unpaired) electrons. The molecule has 2 heterocycles. The number of nitrogens with zero attached hydrogens (tertiary/aromatic N) is 3. The van der Waals surface area contributed by atoms with Crippen molar-refractivity contribution in [1.82, 2.24) is 20.0 Å². The third kappa shape index (κ3) is 3.26. The minimum atomic E-state index is -0.220. The zero-order valence-electron chi connectivity index (χ0n) is 11.8. The number of amides is 2. The number of carbonyl (C=O) groups is 1. The van der Waals surface area contributed by atoms with E-state index >= 15 is 0 Å². The fourth-order valence-corrected chi connectivity index (χ4v) is 2.17. The molecule has 1 aliphatic rings. The topological polar surface area (TPSA) is 59.4 Å². The van der Waals surface area contributed by atoms with E-state index in [1.165, 1.54) is 0 Å². The second-order valence-electron chi connectivity index (χ2n) is 5.18. The second kappa shape index (κ2) is 5.61. The number of rotatable bonds is 3. The van der Waals surface area contributed by atoms with Crippen molar-refractivity contribution in [2.45, 2.75) is 32.4 Å². The maximum Gasteiger partial charge on any atom is 0.317 e. The lowest BCUT2D eigenvalue weighted by Gasteiger charge is -2.39. The summed E-state index contributed by atoms with van der Waals surface area (Å²) < 4.78 is 7.49. The predicted octanol–water partition coefficient (Wildman–Crippen LogP) is 1.13. The Balaban J connectivity index is 1.88. The average Bonchev–Trinajstić information content (AvgIpc) is 2.81. The van der Waals surface area contributed by atoms with Gasteiger partial charge in [0.25, 0.3) is 0 Å². The minimum Gasteiger partial charge on any atom is -0.372 e. The van der Waals surface area contributed by atoms with Crippen LogP contribution in [0.4, 0.5) is 4.79 Å². The number of morpholine rings is 1. The van der Waals surface area contributed by atoms with Crippen molar-refractivity contribution in [2.75, 3.05) is 19.7 Å². The Hall–Kier alpha value is -1.56. The van der Waals surface area contributed by atoms with Gasteiger partial charge in [-0.2, -0.15) is 5.10 Å². The van der Waals surface area contributed by atoms with Crippen LogP contribution in [0.1, 0.15) is 26.0 Å². The van der Waals surface area contributed by atoms with Crippen molar-refractivity contribution in [3.8, 4) is 0 Å². The van der Waals surface area contributed by atoms with Crippen molar-refractivity contribution in [1.29, 1.82) is 0 Å². The van der Waals surface area contributed by atoms with Crippen molar-refractivity contribution in [2.24, 2.45) is 7.05 Å². The quantitative estimate of drug-likeness (QED) is 0.892. The monoisotopic (exact) mass is 266 g/mol. The van der Waals surface area contributed by atoms with Gasteiger partial charge in [0.15, 0.2) is 0 Å². The molecule has 1 N–H and O–H groups in total. The van der Waals surface area contributed by atoms with Gasteiger partial charge in [0, 0.05) is 19.8 Å². The van der Waals surface area contributed by atoms with Gasteiger partial charge in [0.2, 0.25) is 0 Å². The molecule has 0 aliphatic carbocycles. The van der Waals surface area contributed by atoms with E-state index in [1.807, 2.05) is 24.9 Å². The maximum absolute atomic E-state index is 12.1. The van der Waals surface area contributed by atoms with Gasteiger partial charge in [-0.3, -0.25) is 4.68 Å². The molecular weight excluding hydrogens is 244 g/mol. The molecule has 1 aliphatic heterocycles. The second-order valence-corrected chi connectivity index (χ2v) is 5.18. The number of aryl methyl sites for hydroxylation is 1. The van der Waals surface area contributed by atoms with Crippen molar-refractivity contribution >= 4 is 6.03 Å². The van der Waals surface area contributed by atoms with Gasteiger partial charge in [-0.25, -0.2) is 4.79 Å². The molecule has 0 bridgehead atoms. The molecule has 106 valence electrons. The number of carbonyl (C=O) groups excluding carboxylic acids is 1. The van der Waals surface area contributed by atoms with E-state index < -0.39 is 0 Å². The first-order valence-corrected chi connectivity index (χ1v) is 6.68. The van der Waals surface area contributed by atoms with E-state index in [0.29, 0.717) is 26.2 Å². The van der Waals surface area contributed by atoms with E-state index in [-0.39, 0.29) is 11.6 Å². The van der Waals surface area contributed by atoms with Crippen LogP contribution < -0.4 is 5.32 Å². The number of hydrogen-bond donors (Lipinski definition) is 1. The fourth-order valence-electron chi connectivity index (χ4n) is 2.17. The largest absolute Gasteiger partial charge is 0.372 e. The highest BCUT2D eigenvalue weighted by molar-refractivity contribution is 5.74. The molecule has 1 aromatic heterocycles. The first-order valence-electron chi connectivity index (χ1n) is 6.68. The zero-order valence-corrected chi connectivity index (χ0v) is 11.8. The van der Waals surface area contributed by atoms with Crippen LogP contribution in [0.25, 0.3) is 0 Å². The smallest absolute Gasteiger partial charge is 0.317 e. The van der Waals surface area contributed by atoms with E-state index in [9.17, 15) is 4.79 Å². The zero-order chi connectivity index (χ0) is 13.9. The Morgan fingerprint density at radius 1 is 1.63 bits per heavy atom. The summed E-state index contributed by atoms with van der Waals surface area (Å²) in [6, 6.07) is 1.86. The van der Waals surface area contributed by atoms with Gasteiger partial charge in [0.1, 0.15) is 0 Å². The average molecular weight is 266 g/mol. The molecule has 0 aromatic carbocycles. The molecule has 6 heteroatoms. The lowest BCUT2D eigenvalue weighted by Crippen LogP contribution is -2.54. The molecule has 1 fully saturated rings. The lowest BCUT2D eigenvalue weighted by molar-refractivity contribution is -0.0872. The van der Waals surface area contributed by atoms with Gasteiger partial charge in [-0.1, -0.05) is 6.92 Å². The standard InChI is InChI=1S/C13H22N4O2/c1-4-13(2)10-17(7-8-19-13)12(18)14-9-11-5-6-15-16(11)3/h5-6H,4,7-10H2,1-3H3,(H,14,18)/t13-/m0/s1. The Bertz CT molecular complexity index is 446. The third-order valence-electron chi connectivity index (χ3n) is 3.72. The minimum absolute atomic E-state index is 0.0378. The highest BCUT2D eigenvalue weighted by atomic mass is 16.5. The van der Waals surface area contributed by atoms with Gasteiger partial charge in [-0.05, 0) is 19.4 Å². The van der Waals surface area contributed by atoms with Crippen LogP contribution in [0.2, 0.25) is 0 Å². The molecule has 0 saturated carbocycles. The molecule has 1 atom stereocenters. The number of urea groups is 1. The Morgan fingerprint density at radius 3 is 3.05 bits per heavy atom. The predicted molar refractivity (Wildman–Crippen MR) is 71.7 cm³/mol. The molecule has 2 amide bonds. The summed E-state index contributed by atoms with van der Waals surface area (Å²) >= 11 is 0. The molecule has 19 heavy (non-hydrogen) atoms. The molecule has 6 nitrogen and oxygen atoms in total. The lowest BCUT2D eigenvalue weighted by atomic mass is 10.0. The first kappa shape index (κ1) is 13.9. The van der Waals surface area contributed by atoms with Crippen LogP contribution in [0.3, 0.4) is 0 Å². The van der Waals surface area contributed by atoms with Crippen LogP contribution in [0, 0.1) is 0 Å². The van der Waals surface area contributed by atoms with E-state index in [1.54, 1.807) is 10.9 Å². The molecule has 1 aromatic rings. The Labute approximate surface area is 113 Å². The summed E-state index contributed by atoms with van der Waals surface area (Å²) in [5, 5.41) is 7.00. The van der Waals surface area contributed by atoms with Crippen LogP contribution >= 0.6 is 0 Å². The molecule has 0 unspecified atom stereocenters. The Kier molecular flexibility index (Phi) is 4.09. The summed E-state index contributed by atoms with van der Waals surface area (Å²) in [6.07, 6.45) is 2.63. The van der Waals surface area contributed by atoms with Gasteiger partial charge in [-0.15, -0.1) is 0 Å². The summed E-state index contributed by atoms with van der Waals surface area (Å²) in [5.74, 6) is 0. The van der Waals surface area contributed by atoms with Crippen molar-refractivity contribution in [3.05, 3.63) is 18.0 Å². The van der Waals surface area contributed by atoms with E-state index in [2.05, 4.69) is 17.3 Å². The maximum atomic E-state index is 12.1. The van der Waals surface area contributed by atoms with Crippen LogP contribution in [-0.4, -0.2) is 46.0 Å². The highest BCUT2D eigenvalue weighted by Gasteiger charge is 2.32. The summed E-state index contributed by atoms with van der Waals surface area (Å²) in [7, 11) is 1.87. The molecule has 1 saturated heterocycles. The summed E-state index contributed by atoms with van der Waals surface area (Å²) in [4.78, 5) is 14.0. The first-order chi connectivity index (χ1) is 9.04.